The smallest absolute Gasteiger partial charge is 0.229 e. The van der Waals surface area contributed by atoms with Gasteiger partial charge in [-0.1, -0.05) is 24.3 Å². The maximum atomic E-state index is 6.20. The highest BCUT2D eigenvalue weighted by atomic mass is 15.1. The van der Waals surface area contributed by atoms with Crippen LogP contribution in [0.3, 0.4) is 0 Å². The molecular weight excluding hydrogens is 348 g/mol. The molecule has 0 atom stereocenters. The molecule has 5 rings (SSSR count). The molecule has 0 fully saturated rings. The van der Waals surface area contributed by atoms with Crippen LogP contribution in [0.25, 0.3) is 21.8 Å². The Hall–Kier alpha value is -3.80. The van der Waals surface area contributed by atoms with E-state index < -0.39 is 0 Å². The van der Waals surface area contributed by atoms with Crippen LogP contribution in [0.2, 0.25) is 0 Å². The molecule has 0 amide bonds. The number of hydrogen-bond acceptors (Lipinski definition) is 4. The van der Waals surface area contributed by atoms with E-state index in [0.717, 1.165) is 35.1 Å². The Kier molecular flexibility index (Phi) is 3.94. The van der Waals surface area contributed by atoms with Crippen molar-refractivity contribution in [2.45, 2.75) is 12.8 Å². The Labute approximate surface area is 161 Å². The van der Waals surface area contributed by atoms with Gasteiger partial charge in [0, 0.05) is 46.3 Å². The zero-order valence-electron chi connectivity index (χ0n) is 15.2. The summed E-state index contributed by atoms with van der Waals surface area (Å²) in [5, 5.41) is 5.64. The number of nitrogens with one attached hydrogen (secondary N) is 3. The van der Waals surface area contributed by atoms with Crippen molar-refractivity contribution in [3.63, 3.8) is 0 Å². The fourth-order valence-electron chi connectivity index (χ4n) is 3.54. The standard InChI is InChI=1S/C22H20N6/c23-21-16(6-5-15-12-25-19-4-2-1-3-18(15)19)13-26-22(28-21)27-17-8-7-14-9-10-24-20(14)11-17/h1-4,7-13,24-25H,5-6H2,(H3,23,26,27,28). The lowest BCUT2D eigenvalue weighted by Crippen LogP contribution is -2.05. The summed E-state index contributed by atoms with van der Waals surface area (Å²) in [5.41, 5.74) is 11.6. The quantitative estimate of drug-likeness (QED) is 0.366. The minimum atomic E-state index is 0.499. The summed E-state index contributed by atoms with van der Waals surface area (Å²) in [7, 11) is 0. The summed E-state index contributed by atoms with van der Waals surface area (Å²) >= 11 is 0. The largest absolute Gasteiger partial charge is 0.383 e. The number of fused-ring (bicyclic) bond motifs is 2. The molecule has 6 heteroatoms. The zero-order chi connectivity index (χ0) is 18.9. The Morgan fingerprint density at radius 1 is 0.929 bits per heavy atom. The van der Waals surface area contributed by atoms with Crippen LogP contribution < -0.4 is 11.1 Å². The first-order valence-electron chi connectivity index (χ1n) is 9.27. The van der Waals surface area contributed by atoms with E-state index in [1.54, 1.807) is 0 Å². The molecule has 28 heavy (non-hydrogen) atoms. The molecule has 0 saturated carbocycles. The summed E-state index contributed by atoms with van der Waals surface area (Å²) in [6.45, 7) is 0. The molecule has 5 N–H and O–H groups in total. The average Bonchev–Trinajstić information content (AvgIpc) is 3.34. The minimum Gasteiger partial charge on any atom is -0.383 e. The van der Waals surface area contributed by atoms with Gasteiger partial charge in [0.15, 0.2) is 0 Å². The highest BCUT2D eigenvalue weighted by molar-refractivity contribution is 5.84. The van der Waals surface area contributed by atoms with Crippen LogP contribution in [-0.2, 0) is 12.8 Å². The Balaban J connectivity index is 1.31. The van der Waals surface area contributed by atoms with Crippen molar-refractivity contribution in [3.8, 4) is 0 Å². The summed E-state index contributed by atoms with van der Waals surface area (Å²) in [5.74, 6) is 1.01. The second-order valence-electron chi connectivity index (χ2n) is 6.87. The van der Waals surface area contributed by atoms with Crippen LogP contribution in [0.5, 0.6) is 0 Å². The molecule has 3 heterocycles. The maximum Gasteiger partial charge on any atom is 0.229 e. The van der Waals surface area contributed by atoms with E-state index >= 15 is 0 Å². The van der Waals surface area contributed by atoms with Crippen molar-refractivity contribution in [3.05, 3.63) is 78.2 Å². The minimum absolute atomic E-state index is 0.499. The molecule has 3 aromatic heterocycles. The summed E-state index contributed by atoms with van der Waals surface area (Å²) < 4.78 is 0. The van der Waals surface area contributed by atoms with Crippen molar-refractivity contribution in [2.24, 2.45) is 0 Å². The fraction of sp³-hybridized carbons (Fsp3) is 0.0909. The molecule has 138 valence electrons. The number of nitrogens with two attached hydrogens (primary N) is 1. The zero-order valence-corrected chi connectivity index (χ0v) is 15.2. The van der Waals surface area contributed by atoms with Gasteiger partial charge in [-0.25, -0.2) is 4.98 Å². The van der Waals surface area contributed by atoms with E-state index in [4.69, 9.17) is 5.73 Å². The van der Waals surface area contributed by atoms with E-state index in [2.05, 4.69) is 49.6 Å². The third-order valence-corrected chi connectivity index (χ3v) is 5.05. The highest BCUT2D eigenvalue weighted by Gasteiger charge is 2.08. The van der Waals surface area contributed by atoms with Gasteiger partial charge in [0.2, 0.25) is 5.95 Å². The van der Waals surface area contributed by atoms with Crippen LogP contribution in [0.4, 0.5) is 17.5 Å². The topological polar surface area (TPSA) is 95.4 Å². The number of anilines is 3. The predicted molar refractivity (Wildman–Crippen MR) is 114 cm³/mol. The molecule has 0 aliphatic carbocycles. The molecule has 0 aliphatic heterocycles. The maximum absolute atomic E-state index is 6.20. The number of rotatable bonds is 5. The van der Waals surface area contributed by atoms with E-state index in [9.17, 15) is 0 Å². The van der Waals surface area contributed by atoms with Gasteiger partial charge in [-0.3, -0.25) is 0 Å². The van der Waals surface area contributed by atoms with Crippen molar-refractivity contribution in [2.75, 3.05) is 11.1 Å². The predicted octanol–water partition coefficient (Wildman–Crippen LogP) is 4.55. The van der Waals surface area contributed by atoms with Gasteiger partial charge in [0.05, 0.1) is 0 Å². The van der Waals surface area contributed by atoms with E-state index in [1.165, 1.54) is 16.3 Å². The lowest BCUT2D eigenvalue weighted by atomic mass is 10.1. The number of nitrogens with zero attached hydrogens (tertiary/aromatic N) is 2. The third-order valence-electron chi connectivity index (χ3n) is 5.05. The van der Waals surface area contributed by atoms with Gasteiger partial charge < -0.3 is 21.0 Å². The van der Waals surface area contributed by atoms with E-state index in [-0.39, 0.29) is 0 Å². The molecule has 5 aromatic rings. The van der Waals surface area contributed by atoms with Crippen molar-refractivity contribution >= 4 is 39.3 Å². The summed E-state index contributed by atoms with van der Waals surface area (Å²) in [6.07, 6.45) is 7.47. The normalized spacial score (nSPS) is 11.3. The molecule has 0 bridgehead atoms. The molecule has 6 nitrogen and oxygen atoms in total. The number of H-pyrrole nitrogens is 2. The van der Waals surface area contributed by atoms with Crippen LogP contribution in [-0.4, -0.2) is 19.9 Å². The lowest BCUT2D eigenvalue weighted by molar-refractivity contribution is 0.946. The summed E-state index contributed by atoms with van der Waals surface area (Å²) in [6, 6.07) is 16.4. The Morgan fingerprint density at radius 2 is 1.82 bits per heavy atom. The first kappa shape index (κ1) is 16.4. The third kappa shape index (κ3) is 3.05. The number of aromatic amines is 2. The molecule has 0 aliphatic rings. The number of para-hydroxylation sites is 1. The SMILES string of the molecule is Nc1nc(Nc2ccc3cc[nH]c3c2)ncc1CCc1c[nH]c2ccccc12. The van der Waals surface area contributed by atoms with Crippen molar-refractivity contribution in [1.29, 1.82) is 0 Å². The average molecular weight is 368 g/mol. The van der Waals surface area contributed by atoms with Crippen LogP contribution in [0.1, 0.15) is 11.1 Å². The van der Waals surface area contributed by atoms with Gasteiger partial charge in [-0.2, -0.15) is 4.98 Å². The van der Waals surface area contributed by atoms with E-state index in [0.29, 0.717) is 11.8 Å². The Morgan fingerprint density at radius 3 is 2.75 bits per heavy atom. The number of benzene rings is 2. The molecule has 0 radical (unpaired) electrons. The van der Waals surface area contributed by atoms with Gasteiger partial charge >= 0.3 is 0 Å². The monoisotopic (exact) mass is 368 g/mol. The van der Waals surface area contributed by atoms with Crippen molar-refractivity contribution in [1.82, 2.24) is 19.9 Å². The van der Waals surface area contributed by atoms with Crippen LogP contribution >= 0.6 is 0 Å². The van der Waals surface area contributed by atoms with Gasteiger partial charge in [0.1, 0.15) is 5.82 Å². The van der Waals surface area contributed by atoms with E-state index in [1.807, 2.05) is 42.7 Å². The number of aromatic nitrogens is 4. The molecule has 2 aromatic carbocycles. The second kappa shape index (κ2) is 6.74. The number of hydrogen-bond donors (Lipinski definition) is 4. The molecule has 0 spiro atoms. The second-order valence-corrected chi connectivity index (χ2v) is 6.87. The number of aryl methyl sites for hydroxylation is 2. The summed E-state index contributed by atoms with van der Waals surface area (Å²) in [4.78, 5) is 15.4. The molecular formula is C22H20N6. The van der Waals surface area contributed by atoms with Crippen LogP contribution in [0.15, 0.2) is 67.1 Å². The number of nitrogen functional groups attached to an aromatic ring is 1. The fourth-order valence-corrected chi connectivity index (χ4v) is 3.54. The van der Waals surface area contributed by atoms with Crippen molar-refractivity contribution < 1.29 is 0 Å². The van der Waals surface area contributed by atoms with Gasteiger partial charge in [0.25, 0.3) is 0 Å². The molecule has 0 saturated heterocycles. The van der Waals surface area contributed by atoms with Crippen LogP contribution in [0, 0.1) is 0 Å². The lowest BCUT2D eigenvalue weighted by Gasteiger charge is -2.09. The highest BCUT2D eigenvalue weighted by Crippen LogP contribution is 2.23. The van der Waals surface area contributed by atoms with Gasteiger partial charge in [-0.15, -0.1) is 0 Å². The Bertz CT molecular complexity index is 1270. The first-order valence-corrected chi connectivity index (χ1v) is 9.27. The molecule has 0 unspecified atom stereocenters. The first-order chi connectivity index (χ1) is 13.8. The van der Waals surface area contributed by atoms with Gasteiger partial charge in [-0.05, 0) is 48.1 Å².